The molecule has 2 heterocycles. The summed E-state index contributed by atoms with van der Waals surface area (Å²) in [6.45, 7) is 4.29. The van der Waals surface area contributed by atoms with Crippen LogP contribution in [0.2, 0.25) is 0 Å². The summed E-state index contributed by atoms with van der Waals surface area (Å²) in [6.07, 6.45) is 1.64. The van der Waals surface area contributed by atoms with E-state index in [-0.39, 0.29) is 0 Å². The van der Waals surface area contributed by atoms with Gasteiger partial charge in [-0.3, -0.25) is 0 Å². The molecular formula is C24H19N3S. The molecule has 0 bridgehead atoms. The summed E-state index contributed by atoms with van der Waals surface area (Å²) in [5.41, 5.74) is 6.01. The van der Waals surface area contributed by atoms with Crippen molar-refractivity contribution in [3.63, 3.8) is 0 Å². The highest BCUT2D eigenvalue weighted by molar-refractivity contribution is 7.17. The van der Waals surface area contributed by atoms with Gasteiger partial charge in [-0.05, 0) is 42.0 Å². The number of hydrogen-bond donors (Lipinski definition) is 1. The fourth-order valence-corrected chi connectivity index (χ4v) is 4.47. The molecule has 0 amide bonds. The summed E-state index contributed by atoms with van der Waals surface area (Å²) >= 11 is 1.66. The lowest BCUT2D eigenvalue weighted by atomic mass is 10.0. The van der Waals surface area contributed by atoms with Crippen molar-refractivity contribution in [3.05, 3.63) is 83.5 Å². The number of thiophene rings is 1. The third-order valence-corrected chi connectivity index (χ3v) is 6.12. The van der Waals surface area contributed by atoms with E-state index in [9.17, 15) is 0 Å². The fraction of sp³-hybridized carbons (Fsp3) is 0.0833. The predicted molar refractivity (Wildman–Crippen MR) is 120 cm³/mol. The SMILES string of the molecule is Cc1ccc(-c2csc3ncnc(Nc4cccc5ccccc45)c23)cc1C. The van der Waals surface area contributed by atoms with Crippen LogP contribution in [0.15, 0.2) is 72.4 Å². The fourth-order valence-electron chi connectivity index (χ4n) is 3.55. The van der Waals surface area contributed by atoms with Gasteiger partial charge in [0.25, 0.3) is 0 Å². The molecule has 0 radical (unpaired) electrons. The Kier molecular flexibility index (Phi) is 4.06. The van der Waals surface area contributed by atoms with Crippen molar-refractivity contribution < 1.29 is 0 Å². The largest absolute Gasteiger partial charge is 0.339 e. The van der Waals surface area contributed by atoms with Crippen LogP contribution in [0.4, 0.5) is 11.5 Å². The molecule has 0 saturated carbocycles. The number of nitrogens with zero attached hydrogens (tertiary/aromatic N) is 2. The molecule has 5 rings (SSSR count). The number of fused-ring (bicyclic) bond motifs is 2. The van der Waals surface area contributed by atoms with Gasteiger partial charge in [0.1, 0.15) is 17.0 Å². The number of benzene rings is 3. The lowest BCUT2D eigenvalue weighted by molar-refractivity contribution is 1.23. The Balaban J connectivity index is 1.68. The number of aromatic nitrogens is 2. The zero-order valence-corrected chi connectivity index (χ0v) is 16.5. The van der Waals surface area contributed by atoms with Gasteiger partial charge in [0.2, 0.25) is 0 Å². The van der Waals surface area contributed by atoms with Gasteiger partial charge in [-0.2, -0.15) is 0 Å². The molecule has 0 spiro atoms. The number of hydrogen-bond acceptors (Lipinski definition) is 4. The summed E-state index contributed by atoms with van der Waals surface area (Å²) in [5.74, 6) is 0.843. The van der Waals surface area contributed by atoms with Crippen molar-refractivity contribution >= 4 is 43.8 Å². The lowest BCUT2D eigenvalue weighted by Gasteiger charge is -2.11. The smallest absolute Gasteiger partial charge is 0.143 e. The highest BCUT2D eigenvalue weighted by Crippen LogP contribution is 2.38. The summed E-state index contributed by atoms with van der Waals surface area (Å²) in [6, 6.07) is 21.3. The van der Waals surface area contributed by atoms with Crippen molar-refractivity contribution in [1.29, 1.82) is 0 Å². The van der Waals surface area contributed by atoms with Gasteiger partial charge in [0.15, 0.2) is 0 Å². The Morgan fingerprint density at radius 2 is 1.71 bits per heavy atom. The minimum absolute atomic E-state index is 0.843. The van der Waals surface area contributed by atoms with Gasteiger partial charge < -0.3 is 5.32 Å². The molecule has 3 aromatic carbocycles. The normalized spacial score (nSPS) is 11.2. The van der Waals surface area contributed by atoms with Crippen LogP contribution in [0.3, 0.4) is 0 Å². The molecule has 136 valence electrons. The first-order chi connectivity index (χ1) is 13.7. The van der Waals surface area contributed by atoms with E-state index in [1.165, 1.54) is 33.0 Å². The zero-order valence-electron chi connectivity index (χ0n) is 15.7. The van der Waals surface area contributed by atoms with Crippen LogP contribution >= 0.6 is 11.3 Å². The van der Waals surface area contributed by atoms with E-state index in [1.54, 1.807) is 17.7 Å². The average molecular weight is 382 g/mol. The summed E-state index contributed by atoms with van der Waals surface area (Å²) < 4.78 is 0. The van der Waals surface area contributed by atoms with Crippen molar-refractivity contribution in [3.8, 4) is 11.1 Å². The van der Waals surface area contributed by atoms with Crippen LogP contribution in [0.1, 0.15) is 11.1 Å². The maximum atomic E-state index is 4.59. The van der Waals surface area contributed by atoms with Gasteiger partial charge in [0, 0.05) is 22.0 Å². The second-order valence-corrected chi connectivity index (χ2v) is 7.86. The number of nitrogens with one attached hydrogen (secondary N) is 1. The maximum Gasteiger partial charge on any atom is 0.143 e. The van der Waals surface area contributed by atoms with Crippen LogP contribution in [-0.4, -0.2) is 9.97 Å². The lowest BCUT2D eigenvalue weighted by Crippen LogP contribution is -1.96. The predicted octanol–water partition coefficient (Wildman–Crippen LogP) is 6.87. The zero-order chi connectivity index (χ0) is 19.1. The quantitative estimate of drug-likeness (QED) is 0.370. The van der Waals surface area contributed by atoms with Crippen molar-refractivity contribution in [2.45, 2.75) is 13.8 Å². The summed E-state index contributed by atoms with van der Waals surface area (Å²) in [7, 11) is 0. The Morgan fingerprint density at radius 1 is 0.857 bits per heavy atom. The third-order valence-electron chi connectivity index (χ3n) is 5.23. The van der Waals surface area contributed by atoms with E-state index in [0.29, 0.717) is 0 Å². The van der Waals surface area contributed by atoms with Crippen LogP contribution in [0.25, 0.3) is 32.1 Å². The van der Waals surface area contributed by atoms with Crippen LogP contribution < -0.4 is 5.32 Å². The second kappa shape index (κ2) is 6.73. The molecule has 28 heavy (non-hydrogen) atoms. The van der Waals surface area contributed by atoms with E-state index < -0.39 is 0 Å². The van der Waals surface area contributed by atoms with E-state index in [4.69, 9.17) is 0 Å². The van der Waals surface area contributed by atoms with Gasteiger partial charge in [-0.1, -0.05) is 54.6 Å². The molecular weight excluding hydrogens is 362 g/mol. The summed E-state index contributed by atoms with van der Waals surface area (Å²) in [4.78, 5) is 10.1. The van der Waals surface area contributed by atoms with E-state index >= 15 is 0 Å². The molecule has 0 aliphatic carbocycles. The molecule has 5 aromatic rings. The number of aryl methyl sites for hydroxylation is 2. The monoisotopic (exact) mass is 381 g/mol. The van der Waals surface area contributed by atoms with Crippen molar-refractivity contribution in [1.82, 2.24) is 9.97 Å². The highest BCUT2D eigenvalue weighted by Gasteiger charge is 2.14. The van der Waals surface area contributed by atoms with Gasteiger partial charge >= 0.3 is 0 Å². The average Bonchev–Trinajstić information content (AvgIpc) is 3.16. The minimum Gasteiger partial charge on any atom is -0.339 e. The number of anilines is 2. The van der Waals surface area contributed by atoms with Crippen LogP contribution in [-0.2, 0) is 0 Å². The van der Waals surface area contributed by atoms with Gasteiger partial charge in [-0.25, -0.2) is 9.97 Å². The Morgan fingerprint density at radius 3 is 2.61 bits per heavy atom. The Bertz CT molecular complexity index is 1320. The second-order valence-electron chi connectivity index (χ2n) is 7.00. The summed E-state index contributed by atoms with van der Waals surface area (Å²) in [5, 5.41) is 9.21. The molecule has 2 aromatic heterocycles. The highest BCUT2D eigenvalue weighted by atomic mass is 32.1. The third kappa shape index (κ3) is 2.83. The molecule has 1 N–H and O–H groups in total. The molecule has 0 aliphatic rings. The van der Waals surface area contributed by atoms with E-state index in [2.05, 4.69) is 95.2 Å². The molecule has 0 fully saturated rings. The molecule has 0 aliphatic heterocycles. The first-order valence-electron chi connectivity index (χ1n) is 9.25. The van der Waals surface area contributed by atoms with Crippen LogP contribution in [0, 0.1) is 13.8 Å². The van der Waals surface area contributed by atoms with E-state index in [0.717, 1.165) is 21.7 Å². The van der Waals surface area contributed by atoms with Gasteiger partial charge in [-0.15, -0.1) is 11.3 Å². The molecule has 0 atom stereocenters. The van der Waals surface area contributed by atoms with Crippen molar-refractivity contribution in [2.24, 2.45) is 0 Å². The topological polar surface area (TPSA) is 37.8 Å². The van der Waals surface area contributed by atoms with Crippen LogP contribution in [0.5, 0.6) is 0 Å². The first kappa shape index (κ1) is 16.9. The number of rotatable bonds is 3. The molecule has 4 heteroatoms. The Hall–Kier alpha value is -3.24. The molecule has 0 saturated heterocycles. The molecule has 3 nitrogen and oxygen atoms in total. The van der Waals surface area contributed by atoms with Gasteiger partial charge in [0.05, 0.1) is 5.39 Å². The van der Waals surface area contributed by atoms with Crippen molar-refractivity contribution in [2.75, 3.05) is 5.32 Å². The molecule has 0 unspecified atom stereocenters. The van der Waals surface area contributed by atoms with E-state index in [1.807, 2.05) is 0 Å². The maximum absolute atomic E-state index is 4.59. The minimum atomic E-state index is 0.843. The first-order valence-corrected chi connectivity index (χ1v) is 10.1. The standard InChI is InChI=1S/C24H19N3S/c1-15-10-11-18(12-16(15)2)20-13-28-24-22(20)23(25-14-26-24)27-21-9-5-7-17-6-3-4-8-19(17)21/h3-14H,1-2H3,(H,25,26,27). The Labute approximate surface area is 167 Å².